The number of ether oxygens (including phenoxy) is 1. The Balaban J connectivity index is 1.92. The van der Waals surface area contributed by atoms with E-state index in [9.17, 15) is 19.3 Å². The zero-order valence-corrected chi connectivity index (χ0v) is 15.2. The Morgan fingerprint density at radius 3 is 2.78 bits per heavy atom. The summed E-state index contributed by atoms with van der Waals surface area (Å²) in [6.07, 6.45) is 1.50. The van der Waals surface area contributed by atoms with Crippen LogP contribution in [0.2, 0.25) is 0 Å². The molecule has 0 aliphatic rings. The van der Waals surface area contributed by atoms with E-state index >= 15 is 0 Å². The highest BCUT2D eigenvalue weighted by molar-refractivity contribution is 5.92. The van der Waals surface area contributed by atoms with Gasteiger partial charge >= 0.3 is 5.69 Å². The summed E-state index contributed by atoms with van der Waals surface area (Å²) in [7, 11) is 0. The molecular formula is C17H22FN5O4. The first-order valence-corrected chi connectivity index (χ1v) is 8.55. The molecule has 1 N–H and O–H groups in total. The van der Waals surface area contributed by atoms with Gasteiger partial charge in [-0.05, 0) is 25.2 Å². The van der Waals surface area contributed by atoms with Crippen molar-refractivity contribution in [3.8, 4) is 5.75 Å². The third kappa shape index (κ3) is 5.74. The van der Waals surface area contributed by atoms with Crippen molar-refractivity contribution in [3.05, 3.63) is 52.1 Å². The molecule has 0 atom stereocenters. The molecule has 1 heterocycles. The van der Waals surface area contributed by atoms with Crippen molar-refractivity contribution < 1.29 is 18.8 Å². The molecule has 10 heteroatoms. The van der Waals surface area contributed by atoms with Crippen molar-refractivity contribution in [2.45, 2.75) is 20.6 Å². The number of nitrogens with zero attached hydrogens (tertiary/aromatic N) is 4. The number of nitro groups is 1. The zero-order valence-electron chi connectivity index (χ0n) is 15.2. The Bertz CT molecular complexity index is 791. The van der Waals surface area contributed by atoms with E-state index in [-0.39, 0.29) is 29.8 Å². The summed E-state index contributed by atoms with van der Waals surface area (Å²) in [5.41, 5.74) is -0.148. The van der Waals surface area contributed by atoms with E-state index in [0.717, 1.165) is 37.8 Å². The second-order valence-corrected chi connectivity index (χ2v) is 5.67. The maximum atomic E-state index is 13.3. The molecule has 0 saturated heterocycles. The average molecular weight is 379 g/mol. The van der Waals surface area contributed by atoms with Crippen LogP contribution in [-0.2, 0) is 6.73 Å². The number of nitrogens with one attached hydrogen (secondary N) is 1. The van der Waals surface area contributed by atoms with Gasteiger partial charge in [0, 0.05) is 31.4 Å². The third-order valence-electron chi connectivity index (χ3n) is 3.95. The molecule has 0 unspecified atom stereocenters. The summed E-state index contributed by atoms with van der Waals surface area (Å²) in [5.74, 6) is -1.18. The standard InChI is InChI=1S/C17H22FN5O4/c1-3-21(4-2)10-8-19-17(24)14-7-9-22(20-14)12-27-16-11-13(18)5-6-15(16)23(25)26/h5-7,9,11H,3-4,8,10,12H2,1-2H3,(H,19,24). The first-order chi connectivity index (χ1) is 12.9. The summed E-state index contributed by atoms with van der Waals surface area (Å²) in [6, 6.07) is 4.46. The fourth-order valence-electron chi connectivity index (χ4n) is 2.40. The van der Waals surface area contributed by atoms with Gasteiger partial charge in [-0.2, -0.15) is 5.10 Å². The molecule has 0 radical (unpaired) electrons. The van der Waals surface area contributed by atoms with E-state index in [1.54, 1.807) is 0 Å². The summed E-state index contributed by atoms with van der Waals surface area (Å²) in [4.78, 5) is 24.6. The number of hydrogen-bond acceptors (Lipinski definition) is 6. The molecule has 27 heavy (non-hydrogen) atoms. The van der Waals surface area contributed by atoms with Crippen molar-refractivity contribution in [3.63, 3.8) is 0 Å². The SMILES string of the molecule is CCN(CC)CCNC(=O)c1ccn(COc2cc(F)ccc2[N+](=O)[O-])n1. The van der Waals surface area contributed by atoms with Crippen molar-refractivity contribution in [1.29, 1.82) is 0 Å². The fraction of sp³-hybridized carbons (Fsp3) is 0.412. The predicted octanol–water partition coefficient (Wildman–Crippen LogP) is 2.04. The number of likely N-dealkylation sites (N-methyl/N-ethyl adjacent to an activating group) is 1. The van der Waals surface area contributed by atoms with Crippen LogP contribution in [0.25, 0.3) is 0 Å². The highest BCUT2D eigenvalue weighted by atomic mass is 19.1. The second-order valence-electron chi connectivity index (χ2n) is 5.67. The lowest BCUT2D eigenvalue weighted by Gasteiger charge is -2.17. The minimum atomic E-state index is -0.660. The van der Waals surface area contributed by atoms with Crippen LogP contribution in [0.3, 0.4) is 0 Å². The fourth-order valence-corrected chi connectivity index (χ4v) is 2.40. The summed E-state index contributed by atoms with van der Waals surface area (Å²) >= 11 is 0. The summed E-state index contributed by atoms with van der Waals surface area (Å²) < 4.78 is 19.9. The minimum absolute atomic E-state index is 0.197. The van der Waals surface area contributed by atoms with E-state index < -0.39 is 10.7 Å². The first-order valence-electron chi connectivity index (χ1n) is 8.55. The molecule has 2 aromatic rings. The normalized spacial score (nSPS) is 10.8. The Hall–Kier alpha value is -3.01. The van der Waals surface area contributed by atoms with Crippen molar-refractivity contribution in [2.75, 3.05) is 26.2 Å². The van der Waals surface area contributed by atoms with Gasteiger partial charge in [0.1, 0.15) is 11.5 Å². The second kappa shape index (κ2) is 9.62. The molecule has 1 amide bonds. The molecule has 0 saturated carbocycles. The lowest BCUT2D eigenvalue weighted by atomic mass is 10.3. The lowest BCUT2D eigenvalue weighted by Crippen LogP contribution is -2.35. The smallest absolute Gasteiger partial charge is 0.311 e. The predicted molar refractivity (Wildman–Crippen MR) is 96.0 cm³/mol. The van der Waals surface area contributed by atoms with Gasteiger partial charge in [-0.1, -0.05) is 13.8 Å². The Kier molecular flexibility index (Phi) is 7.24. The van der Waals surface area contributed by atoms with Gasteiger partial charge in [0.15, 0.2) is 6.73 Å². The van der Waals surface area contributed by atoms with E-state index in [2.05, 4.69) is 29.2 Å². The molecule has 2 rings (SSSR count). The van der Waals surface area contributed by atoms with E-state index in [4.69, 9.17) is 4.74 Å². The topological polar surface area (TPSA) is 103 Å². The Morgan fingerprint density at radius 2 is 2.11 bits per heavy atom. The van der Waals surface area contributed by atoms with E-state index in [0.29, 0.717) is 6.54 Å². The lowest BCUT2D eigenvalue weighted by molar-refractivity contribution is -0.386. The molecule has 0 spiro atoms. The van der Waals surface area contributed by atoms with Crippen LogP contribution in [0, 0.1) is 15.9 Å². The molecule has 146 valence electrons. The van der Waals surface area contributed by atoms with Crippen molar-refractivity contribution >= 4 is 11.6 Å². The van der Waals surface area contributed by atoms with Crippen LogP contribution in [-0.4, -0.2) is 51.7 Å². The third-order valence-corrected chi connectivity index (χ3v) is 3.95. The number of rotatable bonds is 10. The minimum Gasteiger partial charge on any atom is -0.464 e. The maximum absolute atomic E-state index is 13.3. The monoisotopic (exact) mass is 379 g/mol. The number of halogens is 1. The van der Waals surface area contributed by atoms with Crippen LogP contribution < -0.4 is 10.1 Å². The molecule has 1 aromatic heterocycles. The molecule has 9 nitrogen and oxygen atoms in total. The van der Waals surface area contributed by atoms with Gasteiger partial charge in [-0.15, -0.1) is 0 Å². The highest BCUT2D eigenvalue weighted by Gasteiger charge is 2.16. The van der Waals surface area contributed by atoms with Crippen LogP contribution in [0.15, 0.2) is 30.5 Å². The number of carbonyl (C=O) groups excluding carboxylic acids is 1. The van der Waals surface area contributed by atoms with Crippen LogP contribution in [0.4, 0.5) is 10.1 Å². The van der Waals surface area contributed by atoms with Crippen LogP contribution in [0.1, 0.15) is 24.3 Å². The zero-order chi connectivity index (χ0) is 19.8. The number of hydrogen-bond donors (Lipinski definition) is 1. The van der Waals surface area contributed by atoms with Gasteiger partial charge in [-0.25, -0.2) is 9.07 Å². The van der Waals surface area contributed by atoms with Gasteiger partial charge < -0.3 is 15.0 Å². The van der Waals surface area contributed by atoms with Crippen LogP contribution in [0.5, 0.6) is 5.75 Å². The number of carbonyl (C=O) groups is 1. The molecular weight excluding hydrogens is 357 g/mol. The largest absolute Gasteiger partial charge is 0.464 e. The molecule has 0 aliphatic carbocycles. The van der Waals surface area contributed by atoms with Gasteiger partial charge in [-0.3, -0.25) is 14.9 Å². The maximum Gasteiger partial charge on any atom is 0.311 e. The van der Waals surface area contributed by atoms with Gasteiger partial charge in [0.2, 0.25) is 5.75 Å². The molecule has 0 aliphatic heterocycles. The Labute approximate surface area is 155 Å². The summed E-state index contributed by atoms with van der Waals surface area (Å²) in [6.45, 7) is 6.96. The highest BCUT2D eigenvalue weighted by Crippen LogP contribution is 2.27. The number of nitro benzene ring substituents is 1. The van der Waals surface area contributed by atoms with E-state index in [1.807, 2.05) is 0 Å². The summed E-state index contributed by atoms with van der Waals surface area (Å²) in [5, 5.41) is 17.8. The molecule has 1 aromatic carbocycles. The quantitative estimate of drug-likeness (QED) is 0.501. The number of aromatic nitrogens is 2. The van der Waals surface area contributed by atoms with Crippen molar-refractivity contribution in [1.82, 2.24) is 20.0 Å². The number of benzene rings is 1. The Morgan fingerprint density at radius 1 is 1.37 bits per heavy atom. The average Bonchev–Trinajstić information content (AvgIpc) is 3.12. The van der Waals surface area contributed by atoms with Gasteiger partial charge in [0.25, 0.3) is 5.91 Å². The van der Waals surface area contributed by atoms with Crippen molar-refractivity contribution in [2.24, 2.45) is 0 Å². The van der Waals surface area contributed by atoms with Gasteiger partial charge in [0.05, 0.1) is 4.92 Å². The molecule has 0 bridgehead atoms. The van der Waals surface area contributed by atoms with E-state index in [1.165, 1.54) is 16.9 Å². The first kappa shape index (κ1) is 20.3. The molecule has 0 fully saturated rings. The number of amides is 1. The van der Waals surface area contributed by atoms with Crippen LogP contribution >= 0.6 is 0 Å².